The van der Waals surface area contributed by atoms with Crippen LogP contribution in [-0.2, 0) is 9.59 Å². The van der Waals surface area contributed by atoms with E-state index in [1.165, 1.54) is 12.3 Å². The molecule has 0 spiro atoms. The molecule has 5 N–H and O–H groups in total. The highest BCUT2D eigenvalue weighted by atomic mass is 16.2. The molecule has 3 amide bonds. The maximum Gasteiger partial charge on any atom is 0.256 e. The van der Waals surface area contributed by atoms with Crippen molar-refractivity contribution in [1.29, 1.82) is 0 Å². The molecule has 8 heteroatoms. The number of H-pyrrole nitrogens is 1. The summed E-state index contributed by atoms with van der Waals surface area (Å²) in [5.74, 6) is -2.16. The topological polar surface area (TPSA) is 139 Å². The highest BCUT2D eigenvalue weighted by Crippen LogP contribution is 2.01. The first kappa shape index (κ1) is 13.4. The Labute approximate surface area is 102 Å². The van der Waals surface area contributed by atoms with Gasteiger partial charge in [-0.1, -0.05) is 0 Å². The fraction of sp³-hybridized carbons (Fsp3) is 0.200. The third kappa shape index (κ3) is 3.74. The molecule has 0 aromatic carbocycles. The minimum atomic E-state index is -0.769. The summed E-state index contributed by atoms with van der Waals surface area (Å²) in [6.07, 6.45) is 1.18. The Morgan fingerprint density at radius 2 is 1.67 bits per heavy atom. The predicted molar refractivity (Wildman–Crippen MR) is 61.4 cm³/mol. The van der Waals surface area contributed by atoms with E-state index in [9.17, 15) is 19.2 Å². The number of aromatic amines is 1. The molecule has 0 unspecified atom stereocenters. The normalized spacial score (nSPS) is 9.78. The number of pyridine rings is 1. The minimum absolute atomic E-state index is 0.122. The molecular weight excluding hydrogens is 240 g/mol. The zero-order valence-corrected chi connectivity index (χ0v) is 9.38. The maximum atomic E-state index is 11.9. The van der Waals surface area contributed by atoms with Gasteiger partial charge in [0, 0.05) is 12.3 Å². The summed E-state index contributed by atoms with van der Waals surface area (Å²) in [5.41, 5.74) is 9.68. The van der Waals surface area contributed by atoms with Crippen molar-refractivity contribution in [2.75, 3.05) is 13.1 Å². The molecule has 0 aliphatic rings. The molecule has 0 bridgehead atoms. The lowest BCUT2D eigenvalue weighted by Crippen LogP contribution is -2.43. The van der Waals surface area contributed by atoms with Crippen LogP contribution < -0.4 is 17.0 Å². The van der Waals surface area contributed by atoms with Crippen molar-refractivity contribution in [3.8, 4) is 0 Å². The number of hydrogen-bond donors (Lipinski definition) is 3. The van der Waals surface area contributed by atoms with Gasteiger partial charge in [0.05, 0.1) is 5.56 Å². The summed E-state index contributed by atoms with van der Waals surface area (Å²) >= 11 is 0. The Morgan fingerprint density at radius 3 is 2.06 bits per heavy atom. The first-order valence-electron chi connectivity index (χ1n) is 4.95. The van der Waals surface area contributed by atoms with Gasteiger partial charge in [-0.15, -0.1) is 0 Å². The van der Waals surface area contributed by atoms with E-state index in [4.69, 9.17) is 11.5 Å². The third-order valence-electron chi connectivity index (χ3n) is 2.01. The first-order valence-corrected chi connectivity index (χ1v) is 4.95. The molecule has 0 saturated carbocycles. The van der Waals surface area contributed by atoms with Crippen LogP contribution >= 0.6 is 0 Å². The highest BCUT2D eigenvalue weighted by molar-refractivity contribution is 5.98. The second-order valence-corrected chi connectivity index (χ2v) is 3.54. The van der Waals surface area contributed by atoms with Gasteiger partial charge in [-0.05, 0) is 6.07 Å². The van der Waals surface area contributed by atoms with Gasteiger partial charge in [0.1, 0.15) is 13.1 Å². The molecule has 1 heterocycles. The van der Waals surface area contributed by atoms with Gasteiger partial charge in [0.2, 0.25) is 17.4 Å². The summed E-state index contributed by atoms with van der Waals surface area (Å²) < 4.78 is 0. The number of primary amides is 2. The van der Waals surface area contributed by atoms with E-state index in [0.717, 1.165) is 11.0 Å². The zero-order chi connectivity index (χ0) is 13.7. The van der Waals surface area contributed by atoms with Gasteiger partial charge in [0.15, 0.2) is 0 Å². The van der Waals surface area contributed by atoms with Crippen molar-refractivity contribution < 1.29 is 14.4 Å². The average Bonchev–Trinajstić information content (AvgIpc) is 2.27. The number of rotatable bonds is 5. The van der Waals surface area contributed by atoms with Crippen LogP contribution in [0.4, 0.5) is 0 Å². The molecule has 0 saturated heterocycles. The van der Waals surface area contributed by atoms with Gasteiger partial charge in [0.25, 0.3) is 5.91 Å². The van der Waals surface area contributed by atoms with E-state index < -0.39 is 30.8 Å². The Morgan fingerprint density at radius 1 is 1.11 bits per heavy atom. The Bertz CT molecular complexity index is 500. The summed E-state index contributed by atoms with van der Waals surface area (Å²) in [6, 6.07) is 2.43. The number of nitrogens with two attached hydrogens (primary N) is 2. The number of nitrogens with one attached hydrogen (secondary N) is 1. The smallest absolute Gasteiger partial charge is 0.256 e. The lowest BCUT2D eigenvalue weighted by Gasteiger charge is -2.19. The summed E-state index contributed by atoms with van der Waals surface area (Å²) in [7, 11) is 0. The van der Waals surface area contributed by atoms with Crippen LogP contribution in [0.2, 0.25) is 0 Å². The Hall–Kier alpha value is -2.64. The predicted octanol–water partition coefficient (Wildman–Crippen LogP) is -2.21. The van der Waals surface area contributed by atoms with E-state index in [2.05, 4.69) is 4.98 Å². The number of carbonyl (C=O) groups excluding carboxylic acids is 3. The fourth-order valence-electron chi connectivity index (χ4n) is 1.30. The van der Waals surface area contributed by atoms with Gasteiger partial charge in [-0.25, -0.2) is 0 Å². The standard InChI is InChI=1S/C10H12N4O4/c11-7(15)4-14(5-8(12)16)10(18)6-1-2-9(17)13-3-6/h1-3H,4-5H2,(H2,11,15)(H2,12,16)(H,13,17). The number of hydrogen-bond acceptors (Lipinski definition) is 4. The van der Waals surface area contributed by atoms with E-state index in [-0.39, 0.29) is 11.1 Å². The molecule has 18 heavy (non-hydrogen) atoms. The lowest BCUT2D eigenvalue weighted by molar-refractivity contribution is -0.121. The monoisotopic (exact) mass is 252 g/mol. The van der Waals surface area contributed by atoms with Crippen LogP contribution in [-0.4, -0.2) is 40.7 Å². The fourth-order valence-corrected chi connectivity index (χ4v) is 1.30. The van der Waals surface area contributed by atoms with Gasteiger partial charge >= 0.3 is 0 Å². The third-order valence-corrected chi connectivity index (χ3v) is 2.01. The van der Waals surface area contributed by atoms with Crippen LogP contribution in [0.5, 0.6) is 0 Å². The van der Waals surface area contributed by atoms with Crippen molar-refractivity contribution in [2.24, 2.45) is 11.5 Å². The summed E-state index contributed by atoms with van der Waals surface area (Å²) in [6.45, 7) is -0.859. The summed E-state index contributed by atoms with van der Waals surface area (Å²) in [5, 5.41) is 0. The Balaban J connectivity index is 2.93. The van der Waals surface area contributed by atoms with Crippen LogP contribution in [0.25, 0.3) is 0 Å². The number of nitrogens with zero attached hydrogens (tertiary/aromatic N) is 1. The molecule has 0 aliphatic carbocycles. The molecule has 96 valence electrons. The van der Waals surface area contributed by atoms with Crippen molar-refractivity contribution in [2.45, 2.75) is 0 Å². The zero-order valence-electron chi connectivity index (χ0n) is 9.38. The Kier molecular flexibility index (Phi) is 4.19. The van der Waals surface area contributed by atoms with E-state index in [0.29, 0.717) is 0 Å². The number of amides is 3. The molecule has 1 aromatic rings. The molecule has 0 radical (unpaired) electrons. The molecule has 0 aliphatic heterocycles. The average molecular weight is 252 g/mol. The first-order chi connectivity index (χ1) is 8.40. The van der Waals surface area contributed by atoms with Crippen LogP contribution in [0.3, 0.4) is 0 Å². The molecular formula is C10H12N4O4. The molecule has 0 fully saturated rings. The van der Waals surface area contributed by atoms with Crippen LogP contribution in [0, 0.1) is 0 Å². The van der Waals surface area contributed by atoms with Gasteiger partial charge < -0.3 is 21.4 Å². The highest BCUT2D eigenvalue weighted by Gasteiger charge is 2.19. The number of carbonyl (C=O) groups is 3. The van der Waals surface area contributed by atoms with E-state index in [1.807, 2.05) is 0 Å². The van der Waals surface area contributed by atoms with Crippen molar-refractivity contribution in [1.82, 2.24) is 9.88 Å². The van der Waals surface area contributed by atoms with E-state index >= 15 is 0 Å². The largest absolute Gasteiger partial charge is 0.368 e. The van der Waals surface area contributed by atoms with Crippen LogP contribution in [0.1, 0.15) is 10.4 Å². The van der Waals surface area contributed by atoms with Crippen molar-refractivity contribution >= 4 is 17.7 Å². The van der Waals surface area contributed by atoms with Crippen molar-refractivity contribution in [3.63, 3.8) is 0 Å². The second-order valence-electron chi connectivity index (χ2n) is 3.54. The molecule has 1 rings (SSSR count). The number of aromatic nitrogens is 1. The van der Waals surface area contributed by atoms with Gasteiger partial charge in [-0.3, -0.25) is 19.2 Å². The molecule has 1 aromatic heterocycles. The molecule has 8 nitrogen and oxygen atoms in total. The van der Waals surface area contributed by atoms with Crippen LogP contribution in [0.15, 0.2) is 23.1 Å². The maximum absolute atomic E-state index is 11.9. The van der Waals surface area contributed by atoms with E-state index in [1.54, 1.807) is 0 Å². The minimum Gasteiger partial charge on any atom is -0.368 e. The lowest BCUT2D eigenvalue weighted by atomic mass is 10.2. The van der Waals surface area contributed by atoms with Gasteiger partial charge in [-0.2, -0.15) is 0 Å². The molecule has 0 atom stereocenters. The second kappa shape index (κ2) is 5.62. The SMILES string of the molecule is NC(=O)CN(CC(N)=O)C(=O)c1ccc(=O)[nH]c1. The van der Waals surface area contributed by atoms with Crippen molar-refractivity contribution in [3.05, 3.63) is 34.2 Å². The summed E-state index contributed by atoms with van der Waals surface area (Å²) in [4.78, 5) is 47.6. The quantitative estimate of drug-likeness (QED) is 0.546.